The summed E-state index contributed by atoms with van der Waals surface area (Å²) in [6.45, 7) is 2.66. The first-order valence-electron chi connectivity index (χ1n) is 13.3. The van der Waals surface area contributed by atoms with Crippen molar-refractivity contribution in [3.8, 4) is 28.4 Å². The van der Waals surface area contributed by atoms with Crippen molar-refractivity contribution in [1.29, 1.82) is 0 Å². The first-order chi connectivity index (χ1) is 18.7. The van der Waals surface area contributed by atoms with Gasteiger partial charge >= 0.3 is 0 Å². The maximum Gasteiger partial charge on any atom is 0.246 e. The number of rotatable bonds is 6. The lowest BCUT2D eigenvalue weighted by Gasteiger charge is -2.31. The molecule has 1 amide bonds. The number of piperidine rings is 1. The molecule has 1 saturated heterocycles. The molecule has 0 bridgehead atoms. The number of likely N-dealkylation sites (tertiary alicyclic amines) is 1. The van der Waals surface area contributed by atoms with E-state index in [0.717, 1.165) is 60.6 Å². The van der Waals surface area contributed by atoms with Crippen LogP contribution in [-0.4, -0.2) is 46.9 Å². The van der Waals surface area contributed by atoms with Crippen molar-refractivity contribution in [3.63, 3.8) is 0 Å². The molecule has 2 aliphatic rings. The SMILES string of the molecule is O=C(C=Cc1cn(-c2ccccc2)nc1-c1ccc2c(c1)OCCO2)N1CCC(Cc2ccccc2)CC1. The molecule has 0 N–H and O–H groups in total. The van der Waals surface area contributed by atoms with Gasteiger partial charge in [0.15, 0.2) is 11.5 Å². The van der Waals surface area contributed by atoms with Crippen LogP contribution in [0.25, 0.3) is 23.0 Å². The van der Waals surface area contributed by atoms with Crippen LogP contribution < -0.4 is 9.47 Å². The number of para-hydroxylation sites is 1. The number of carbonyl (C=O) groups excluding carboxylic acids is 1. The number of carbonyl (C=O) groups is 1. The number of amides is 1. The van der Waals surface area contributed by atoms with Crippen LogP contribution in [0.15, 0.2) is 91.1 Å². The van der Waals surface area contributed by atoms with E-state index in [1.54, 1.807) is 6.08 Å². The Balaban J connectivity index is 1.20. The molecule has 4 aromatic rings. The second-order valence-electron chi connectivity index (χ2n) is 9.86. The van der Waals surface area contributed by atoms with Crippen LogP contribution in [0.3, 0.4) is 0 Å². The fourth-order valence-electron chi connectivity index (χ4n) is 5.21. The third kappa shape index (κ3) is 5.35. The highest BCUT2D eigenvalue weighted by Crippen LogP contribution is 2.35. The van der Waals surface area contributed by atoms with Crippen LogP contribution in [0.4, 0.5) is 0 Å². The van der Waals surface area contributed by atoms with Crippen molar-refractivity contribution < 1.29 is 14.3 Å². The molecule has 0 radical (unpaired) electrons. The molecule has 192 valence electrons. The summed E-state index contributed by atoms with van der Waals surface area (Å²) in [5, 5.41) is 4.88. The zero-order valence-electron chi connectivity index (χ0n) is 21.3. The number of hydrogen-bond acceptors (Lipinski definition) is 4. The number of hydrogen-bond donors (Lipinski definition) is 0. The summed E-state index contributed by atoms with van der Waals surface area (Å²) in [6.07, 6.45) is 8.68. The van der Waals surface area contributed by atoms with Gasteiger partial charge in [-0.25, -0.2) is 4.68 Å². The van der Waals surface area contributed by atoms with E-state index in [4.69, 9.17) is 14.6 Å². The molecule has 3 aromatic carbocycles. The standard InChI is InChI=1S/C32H31N3O3/c36-31(34-17-15-25(16-18-34)21-24-7-3-1-4-8-24)14-12-27-23-35(28-9-5-2-6-10-28)33-32(27)26-11-13-29-30(22-26)38-20-19-37-29/h1-14,22-23,25H,15-21H2. The van der Waals surface area contributed by atoms with Crippen LogP contribution >= 0.6 is 0 Å². The first-order valence-corrected chi connectivity index (χ1v) is 13.3. The maximum absolute atomic E-state index is 13.1. The van der Waals surface area contributed by atoms with Crippen LogP contribution in [0, 0.1) is 5.92 Å². The Hall–Kier alpha value is -4.32. The van der Waals surface area contributed by atoms with Crippen LogP contribution in [0.1, 0.15) is 24.0 Å². The number of nitrogens with zero attached hydrogens (tertiary/aromatic N) is 3. The van der Waals surface area contributed by atoms with Gasteiger partial charge < -0.3 is 14.4 Å². The quantitative estimate of drug-likeness (QED) is 0.311. The van der Waals surface area contributed by atoms with Crippen molar-refractivity contribution in [2.24, 2.45) is 5.92 Å². The second kappa shape index (κ2) is 11.0. The number of benzene rings is 3. The van der Waals surface area contributed by atoms with E-state index in [0.29, 0.717) is 24.9 Å². The summed E-state index contributed by atoms with van der Waals surface area (Å²) in [5.74, 6) is 2.12. The van der Waals surface area contributed by atoms with Crippen molar-refractivity contribution in [3.05, 3.63) is 102 Å². The molecule has 2 aliphatic heterocycles. The minimum Gasteiger partial charge on any atom is -0.486 e. The van der Waals surface area contributed by atoms with Crippen molar-refractivity contribution in [1.82, 2.24) is 14.7 Å². The Morgan fingerprint density at radius 1 is 0.895 bits per heavy atom. The summed E-state index contributed by atoms with van der Waals surface area (Å²) in [4.78, 5) is 15.1. The molecular weight excluding hydrogens is 474 g/mol. The van der Waals surface area contributed by atoms with Gasteiger partial charge in [-0.3, -0.25) is 4.79 Å². The van der Waals surface area contributed by atoms with E-state index in [1.165, 1.54) is 5.56 Å². The zero-order valence-corrected chi connectivity index (χ0v) is 21.3. The lowest BCUT2D eigenvalue weighted by Crippen LogP contribution is -2.37. The molecule has 1 aromatic heterocycles. The lowest BCUT2D eigenvalue weighted by atomic mass is 9.90. The van der Waals surface area contributed by atoms with Gasteiger partial charge in [0.1, 0.15) is 18.9 Å². The van der Waals surface area contributed by atoms with Gasteiger partial charge in [-0.05, 0) is 67.2 Å². The van der Waals surface area contributed by atoms with Crippen LogP contribution in [-0.2, 0) is 11.2 Å². The molecule has 0 saturated carbocycles. The summed E-state index contributed by atoms with van der Waals surface area (Å²) in [7, 11) is 0. The largest absolute Gasteiger partial charge is 0.486 e. The predicted molar refractivity (Wildman–Crippen MR) is 148 cm³/mol. The highest BCUT2D eigenvalue weighted by Gasteiger charge is 2.22. The number of fused-ring (bicyclic) bond motifs is 1. The molecule has 0 unspecified atom stereocenters. The summed E-state index contributed by atoms with van der Waals surface area (Å²) in [6, 6.07) is 26.5. The molecule has 6 heteroatoms. The van der Waals surface area contributed by atoms with E-state index in [1.807, 2.05) is 70.4 Å². The molecule has 0 aliphatic carbocycles. The fourth-order valence-corrected chi connectivity index (χ4v) is 5.21. The molecule has 0 atom stereocenters. The van der Waals surface area contributed by atoms with Crippen molar-refractivity contribution in [2.75, 3.05) is 26.3 Å². The molecule has 38 heavy (non-hydrogen) atoms. The van der Waals surface area contributed by atoms with Gasteiger partial charge in [0, 0.05) is 36.5 Å². The van der Waals surface area contributed by atoms with Gasteiger partial charge in [0.05, 0.1) is 5.69 Å². The van der Waals surface area contributed by atoms with Crippen molar-refractivity contribution >= 4 is 12.0 Å². The minimum atomic E-state index is 0.0451. The van der Waals surface area contributed by atoms with E-state index < -0.39 is 0 Å². The number of aromatic nitrogens is 2. The third-order valence-electron chi connectivity index (χ3n) is 7.28. The summed E-state index contributed by atoms with van der Waals surface area (Å²) < 4.78 is 13.3. The molecule has 6 nitrogen and oxygen atoms in total. The average Bonchev–Trinajstić information content (AvgIpc) is 3.41. The number of ether oxygens (including phenoxy) is 2. The Kier molecular flexibility index (Phi) is 6.94. The van der Waals surface area contributed by atoms with Crippen LogP contribution in [0.2, 0.25) is 0 Å². The lowest BCUT2D eigenvalue weighted by molar-refractivity contribution is -0.127. The molecule has 0 spiro atoms. The third-order valence-corrected chi connectivity index (χ3v) is 7.28. The summed E-state index contributed by atoms with van der Waals surface area (Å²) >= 11 is 0. The fraction of sp³-hybridized carbons (Fsp3) is 0.250. The maximum atomic E-state index is 13.1. The minimum absolute atomic E-state index is 0.0451. The normalized spacial score (nSPS) is 15.6. The van der Waals surface area contributed by atoms with Gasteiger partial charge in [-0.2, -0.15) is 5.10 Å². The molecular formula is C32H31N3O3. The van der Waals surface area contributed by atoms with Gasteiger partial charge in [0.25, 0.3) is 0 Å². The van der Waals surface area contributed by atoms with E-state index in [2.05, 4.69) is 30.3 Å². The molecule has 6 rings (SSSR count). The smallest absolute Gasteiger partial charge is 0.246 e. The first kappa shape index (κ1) is 24.0. The van der Waals surface area contributed by atoms with E-state index in [-0.39, 0.29) is 5.91 Å². The summed E-state index contributed by atoms with van der Waals surface area (Å²) in [5.41, 5.74) is 4.91. The molecule has 1 fully saturated rings. The van der Waals surface area contributed by atoms with Gasteiger partial charge in [-0.1, -0.05) is 48.5 Å². The Morgan fingerprint density at radius 2 is 1.61 bits per heavy atom. The van der Waals surface area contributed by atoms with E-state index >= 15 is 0 Å². The van der Waals surface area contributed by atoms with E-state index in [9.17, 15) is 4.79 Å². The predicted octanol–water partition coefficient (Wildman–Crippen LogP) is 5.81. The van der Waals surface area contributed by atoms with Crippen LogP contribution in [0.5, 0.6) is 11.5 Å². The van der Waals surface area contributed by atoms with Crippen molar-refractivity contribution in [2.45, 2.75) is 19.3 Å². The monoisotopic (exact) mass is 505 g/mol. The Labute approximate surface area is 223 Å². The zero-order chi connectivity index (χ0) is 25.7. The Bertz CT molecular complexity index is 1420. The molecule has 3 heterocycles. The highest BCUT2D eigenvalue weighted by molar-refractivity contribution is 5.93. The topological polar surface area (TPSA) is 56.6 Å². The average molecular weight is 506 g/mol. The van der Waals surface area contributed by atoms with Gasteiger partial charge in [-0.15, -0.1) is 0 Å². The second-order valence-corrected chi connectivity index (χ2v) is 9.86. The highest BCUT2D eigenvalue weighted by atomic mass is 16.6. The van der Waals surface area contributed by atoms with Gasteiger partial charge in [0.2, 0.25) is 5.91 Å². The Morgan fingerprint density at radius 3 is 2.37 bits per heavy atom.